The van der Waals surface area contributed by atoms with Crippen LogP contribution in [0.1, 0.15) is 26.3 Å². The van der Waals surface area contributed by atoms with E-state index in [1.807, 2.05) is 6.07 Å². The number of H-pyrrole nitrogens is 1. The number of hydrazone groups is 1. The maximum atomic E-state index is 11.1. The molecule has 1 heterocycles. The second kappa shape index (κ2) is 6.33. The molecule has 0 aliphatic rings. The quantitative estimate of drug-likeness (QED) is 0.424. The summed E-state index contributed by atoms with van der Waals surface area (Å²) in [5, 5.41) is 10.4. The number of hydrogen-bond donors (Lipinski definition) is 3. The fourth-order valence-electron chi connectivity index (χ4n) is 1.48. The first-order valence-electron chi connectivity index (χ1n) is 5.83. The molecule has 0 unspecified atom stereocenters. The Balaban J connectivity index is 0.000000286. The topological polar surface area (TPSA) is 109 Å². The van der Waals surface area contributed by atoms with Crippen LogP contribution in [-0.4, -0.2) is 22.3 Å². The lowest BCUT2D eigenvalue weighted by Crippen LogP contribution is -2.10. The Morgan fingerprint density at radius 2 is 2.10 bits per heavy atom. The van der Waals surface area contributed by atoms with E-state index >= 15 is 0 Å². The van der Waals surface area contributed by atoms with E-state index in [4.69, 9.17) is 5.11 Å². The number of nitrogens with one attached hydrogen (secondary N) is 1. The molecule has 4 N–H and O–H groups in total. The fraction of sp³-hybridized carbons (Fsp3) is 0.308. The number of rotatable bonds is 1. The minimum Gasteiger partial charge on any atom is -0.477 e. The second-order valence-electron chi connectivity index (χ2n) is 5.09. The summed E-state index contributed by atoms with van der Waals surface area (Å²) in [6, 6.07) is 6.16. The zero-order chi connectivity index (χ0) is 15.3. The van der Waals surface area contributed by atoms with Crippen LogP contribution in [0.15, 0.2) is 28.1 Å². The lowest BCUT2D eigenvalue weighted by Gasteiger charge is -2.18. The molecule has 0 saturated heterocycles. The van der Waals surface area contributed by atoms with E-state index in [1.165, 1.54) is 16.9 Å². The first kappa shape index (κ1) is 15.9. The summed E-state index contributed by atoms with van der Waals surface area (Å²) < 4.78 is 1.03. The number of benzene rings is 1. The molecule has 0 aliphatic heterocycles. The molecule has 0 bridgehead atoms. The summed E-state index contributed by atoms with van der Waals surface area (Å²) in [4.78, 5) is 23.3. The zero-order valence-electron chi connectivity index (χ0n) is 11.5. The standard InChI is InChI=1S/C11H13NOS.C2H4N2O2/c1-11(2,3)7-4-5-9-8(6-7)12-10(13)14-9;3-4-1-2(5)6/h4-6H,1-3H3,(H,12,13);1H,3H2,(H,5,6). The van der Waals surface area contributed by atoms with Crippen molar-refractivity contribution in [2.45, 2.75) is 26.2 Å². The van der Waals surface area contributed by atoms with Crippen molar-refractivity contribution in [3.8, 4) is 0 Å². The molecule has 2 aromatic rings. The van der Waals surface area contributed by atoms with E-state index in [1.54, 1.807) is 0 Å². The predicted molar refractivity (Wildman–Crippen MR) is 81.5 cm³/mol. The third kappa shape index (κ3) is 4.51. The summed E-state index contributed by atoms with van der Waals surface area (Å²) in [5.74, 6) is 3.29. The molecule has 108 valence electrons. The maximum Gasteiger partial charge on any atom is 0.348 e. The average molecular weight is 295 g/mol. The van der Waals surface area contributed by atoms with E-state index in [9.17, 15) is 9.59 Å². The van der Waals surface area contributed by atoms with Crippen LogP contribution in [0.5, 0.6) is 0 Å². The van der Waals surface area contributed by atoms with E-state index in [-0.39, 0.29) is 10.3 Å². The number of aliphatic carboxylic acids is 1. The summed E-state index contributed by atoms with van der Waals surface area (Å²) in [6.45, 7) is 6.50. The number of aromatic nitrogens is 1. The number of nitrogens with zero attached hydrogens (tertiary/aromatic N) is 1. The van der Waals surface area contributed by atoms with Crippen LogP contribution in [-0.2, 0) is 10.2 Å². The van der Waals surface area contributed by atoms with Gasteiger partial charge in [0.2, 0.25) is 0 Å². The molecular weight excluding hydrogens is 278 g/mol. The van der Waals surface area contributed by atoms with Crippen molar-refractivity contribution in [3.05, 3.63) is 33.4 Å². The molecule has 1 aromatic carbocycles. The first-order valence-corrected chi connectivity index (χ1v) is 6.65. The molecule has 2 rings (SSSR count). The Morgan fingerprint density at radius 3 is 2.55 bits per heavy atom. The van der Waals surface area contributed by atoms with Gasteiger partial charge in [-0.1, -0.05) is 38.2 Å². The largest absolute Gasteiger partial charge is 0.477 e. The van der Waals surface area contributed by atoms with Gasteiger partial charge in [-0.3, -0.25) is 4.79 Å². The van der Waals surface area contributed by atoms with Gasteiger partial charge in [0.25, 0.3) is 0 Å². The van der Waals surface area contributed by atoms with Crippen molar-refractivity contribution in [1.29, 1.82) is 0 Å². The van der Waals surface area contributed by atoms with Crippen molar-refractivity contribution in [2.24, 2.45) is 10.9 Å². The summed E-state index contributed by atoms with van der Waals surface area (Å²) in [7, 11) is 0. The number of hydrogen-bond acceptors (Lipinski definition) is 5. The minimum absolute atomic E-state index is 0.0195. The van der Waals surface area contributed by atoms with Crippen molar-refractivity contribution in [2.75, 3.05) is 0 Å². The Labute approximate surface area is 119 Å². The molecule has 20 heavy (non-hydrogen) atoms. The van der Waals surface area contributed by atoms with E-state index in [0.717, 1.165) is 10.2 Å². The third-order valence-electron chi connectivity index (χ3n) is 2.47. The molecular formula is C13H17N3O3S. The number of carbonyl (C=O) groups is 1. The number of carboxylic acids is 1. The van der Waals surface area contributed by atoms with Crippen LogP contribution in [0.25, 0.3) is 10.2 Å². The zero-order valence-corrected chi connectivity index (χ0v) is 12.3. The molecule has 0 atom stereocenters. The van der Waals surface area contributed by atoms with Crippen LogP contribution in [0.2, 0.25) is 0 Å². The molecule has 1 aromatic heterocycles. The number of thiazole rings is 1. The van der Waals surface area contributed by atoms with E-state index in [2.05, 4.69) is 48.8 Å². The lowest BCUT2D eigenvalue weighted by molar-refractivity contribution is -0.128. The van der Waals surface area contributed by atoms with Gasteiger partial charge in [-0.25, -0.2) is 4.79 Å². The molecule has 0 fully saturated rings. The predicted octanol–water partition coefficient (Wildman–Crippen LogP) is 1.90. The van der Waals surface area contributed by atoms with Gasteiger partial charge >= 0.3 is 10.8 Å². The van der Waals surface area contributed by atoms with Crippen LogP contribution in [0, 0.1) is 0 Å². The average Bonchev–Trinajstić information content (AvgIpc) is 2.67. The van der Waals surface area contributed by atoms with Gasteiger partial charge in [-0.2, -0.15) is 5.10 Å². The summed E-state index contributed by atoms with van der Waals surface area (Å²) in [6.07, 6.45) is 0.611. The highest BCUT2D eigenvalue weighted by Crippen LogP contribution is 2.25. The van der Waals surface area contributed by atoms with Gasteiger partial charge in [0, 0.05) is 0 Å². The molecule has 0 spiro atoms. The Kier molecular flexibility index (Phi) is 5.04. The summed E-state index contributed by atoms with van der Waals surface area (Å²) in [5.41, 5.74) is 2.33. The van der Waals surface area contributed by atoms with Crippen molar-refractivity contribution < 1.29 is 9.90 Å². The lowest BCUT2D eigenvalue weighted by atomic mass is 9.87. The van der Waals surface area contributed by atoms with Crippen LogP contribution < -0.4 is 10.7 Å². The minimum atomic E-state index is -1.13. The Morgan fingerprint density at radius 1 is 1.45 bits per heavy atom. The SMILES string of the molecule is CC(C)(C)c1ccc2sc(=O)[nH]c2c1.NN=CC(=O)O. The Hall–Kier alpha value is -2.15. The number of nitrogens with two attached hydrogens (primary N) is 1. The molecule has 0 aliphatic carbocycles. The summed E-state index contributed by atoms with van der Waals surface area (Å²) >= 11 is 1.26. The van der Waals surface area contributed by atoms with Gasteiger partial charge < -0.3 is 15.9 Å². The first-order chi connectivity index (χ1) is 9.24. The van der Waals surface area contributed by atoms with Gasteiger partial charge in [-0.05, 0) is 23.1 Å². The third-order valence-corrected chi connectivity index (χ3v) is 3.33. The van der Waals surface area contributed by atoms with Crippen LogP contribution >= 0.6 is 11.3 Å². The van der Waals surface area contributed by atoms with Gasteiger partial charge in [-0.15, -0.1) is 0 Å². The molecule has 7 heteroatoms. The van der Waals surface area contributed by atoms with E-state index < -0.39 is 5.97 Å². The van der Waals surface area contributed by atoms with Crippen molar-refractivity contribution >= 4 is 33.7 Å². The molecule has 6 nitrogen and oxygen atoms in total. The number of aromatic amines is 1. The van der Waals surface area contributed by atoms with Gasteiger partial charge in [0.1, 0.15) is 6.21 Å². The normalized spacial score (nSPS) is 11.3. The fourth-order valence-corrected chi connectivity index (χ4v) is 2.20. The van der Waals surface area contributed by atoms with Crippen LogP contribution in [0.3, 0.4) is 0 Å². The monoisotopic (exact) mass is 295 g/mol. The molecule has 0 saturated carbocycles. The number of fused-ring (bicyclic) bond motifs is 1. The van der Waals surface area contributed by atoms with Gasteiger partial charge in [0.15, 0.2) is 0 Å². The molecule has 0 amide bonds. The highest BCUT2D eigenvalue weighted by Gasteiger charge is 2.14. The maximum absolute atomic E-state index is 11.1. The van der Waals surface area contributed by atoms with E-state index in [0.29, 0.717) is 6.21 Å². The van der Waals surface area contributed by atoms with Crippen molar-refractivity contribution in [1.82, 2.24) is 4.98 Å². The highest BCUT2D eigenvalue weighted by atomic mass is 32.1. The second-order valence-corrected chi connectivity index (χ2v) is 6.11. The molecule has 0 radical (unpaired) electrons. The Bertz CT molecular complexity index is 680. The van der Waals surface area contributed by atoms with Crippen molar-refractivity contribution in [3.63, 3.8) is 0 Å². The number of carboxylic acid groups (broad SMARTS) is 1. The van der Waals surface area contributed by atoms with Gasteiger partial charge in [0.05, 0.1) is 10.2 Å². The highest BCUT2D eigenvalue weighted by molar-refractivity contribution is 7.16. The smallest absolute Gasteiger partial charge is 0.348 e. The van der Waals surface area contributed by atoms with Crippen LogP contribution in [0.4, 0.5) is 0 Å².